The summed E-state index contributed by atoms with van der Waals surface area (Å²) in [6, 6.07) is 7.05. The van der Waals surface area contributed by atoms with Gasteiger partial charge in [-0.15, -0.1) is 0 Å². The van der Waals surface area contributed by atoms with Crippen LogP contribution in [-0.2, 0) is 28.6 Å². The maximum Gasteiger partial charge on any atom is 0.336 e. The Labute approximate surface area is 249 Å². The van der Waals surface area contributed by atoms with E-state index in [4.69, 9.17) is 36.7 Å². The Morgan fingerprint density at radius 1 is 1.18 bits per heavy atom. The van der Waals surface area contributed by atoms with E-state index in [1.54, 1.807) is 38.1 Å². The number of carbonyl (C=O) groups excluding carboxylic acids is 2. The molecule has 2 heterocycles. The molecule has 2 atom stereocenters. The van der Waals surface area contributed by atoms with Crippen molar-refractivity contribution in [3.8, 4) is 0 Å². The van der Waals surface area contributed by atoms with Crippen molar-refractivity contribution in [2.24, 2.45) is 5.73 Å². The van der Waals surface area contributed by atoms with E-state index in [2.05, 4.69) is 5.32 Å². The van der Waals surface area contributed by atoms with E-state index in [1.807, 2.05) is 21.6 Å². The Hall–Kier alpha value is -2.18. The number of benzene rings is 1. The van der Waals surface area contributed by atoms with Gasteiger partial charge in [0.25, 0.3) is 0 Å². The molecule has 0 saturated carbocycles. The number of ether oxygens (including phenoxy) is 3. The lowest BCUT2D eigenvalue weighted by atomic mass is 9.80. The fourth-order valence-corrected chi connectivity index (χ4v) is 7.60. The van der Waals surface area contributed by atoms with Gasteiger partial charge in [0.1, 0.15) is 0 Å². The second-order valence-corrected chi connectivity index (χ2v) is 12.2. The summed E-state index contributed by atoms with van der Waals surface area (Å²) >= 11 is 6.42. The van der Waals surface area contributed by atoms with E-state index in [1.165, 1.54) is 25.7 Å². The van der Waals surface area contributed by atoms with E-state index in [0.717, 1.165) is 18.1 Å². The summed E-state index contributed by atoms with van der Waals surface area (Å²) in [6.45, 7) is 4.42. The normalized spacial score (nSPS) is 18.5. The minimum Gasteiger partial charge on any atom is -0.481 e. The summed E-state index contributed by atoms with van der Waals surface area (Å²) < 4.78 is 15.8. The molecule has 1 aromatic carbocycles. The lowest BCUT2D eigenvalue weighted by Crippen LogP contribution is -2.35. The summed E-state index contributed by atoms with van der Waals surface area (Å²) in [7, 11) is 5.21. The summed E-state index contributed by atoms with van der Waals surface area (Å²) in [4.78, 5) is 35.6. The van der Waals surface area contributed by atoms with Gasteiger partial charge in [0, 0.05) is 34.7 Å². The zero-order valence-corrected chi connectivity index (χ0v) is 25.6. The summed E-state index contributed by atoms with van der Waals surface area (Å²) in [5, 5.41) is 12.7. The van der Waals surface area contributed by atoms with Crippen LogP contribution in [-0.4, -0.2) is 67.5 Å². The molecule has 40 heavy (non-hydrogen) atoms. The zero-order chi connectivity index (χ0) is 29.5. The molecule has 0 spiro atoms. The predicted molar refractivity (Wildman–Crippen MR) is 160 cm³/mol. The van der Waals surface area contributed by atoms with Crippen LogP contribution in [0.25, 0.3) is 0 Å². The molecule has 0 aliphatic carbocycles. The lowest BCUT2D eigenvalue weighted by molar-refractivity contribution is -0.139. The third kappa shape index (κ3) is 10.3. The van der Waals surface area contributed by atoms with Crippen molar-refractivity contribution < 1.29 is 33.7 Å². The Kier molecular flexibility index (Phi) is 15.6. The monoisotopic (exact) mass is 614 g/mol. The number of rotatable bonds is 13. The van der Waals surface area contributed by atoms with Crippen LogP contribution in [0, 0.1) is 0 Å². The molecular formula is C28H39ClN2O7S2. The van der Waals surface area contributed by atoms with Gasteiger partial charge in [0.05, 0.1) is 49.7 Å². The SMILES string of the molecule is CCOC(=O)C1=C(COCCN)NC(C)=C(C(=O)OC)C1c1ccccc1Cl.O=C(O)CCCC[C@@H]1CCSS1. The van der Waals surface area contributed by atoms with Gasteiger partial charge in [0.2, 0.25) is 0 Å². The number of methoxy groups -OCH3 is 1. The number of carboxylic acid groups (broad SMARTS) is 1. The van der Waals surface area contributed by atoms with Crippen molar-refractivity contribution in [3.63, 3.8) is 0 Å². The van der Waals surface area contributed by atoms with Crippen molar-refractivity contribution >= 4 is 51.1 Å². The number of halogens is 1. The highest BCUT2D eigenvalue weighted by molar-refractivity contribution is 8.77. The van der Waals surface area contributed by atoms with Gasteiger partial charge in [-0.05, 0) is 44.7 Å². The first kappa shape index (κ1) is 34.0. The first-order valence-electron chi connectivity index (χ1n) is 13.2. The number of carbonyl (C=O) groups is 3. The van der Waals surface area contributed by atoms with Crippen molar-refractivity contribution in [3.05, 3.63) is 57.4 Å². The average molecular weight is 615 g/mol. The van der Waals surface area contributed by atoms with Crippen LogP contribution in [0.1, 0.15) is 57.4 Å². The topological polar surface area (TPSA) is 137 Å². The lowest BCUT2D eigenvalue weighted by Gasteiger charge is -2.31. The number of unbranched alkanes of at least 4 members (excludes halogenated alkanes) is 1. The first-order valence-corrected chi connectivity index (χ1v) is 16.0. The number of esters is 2. The molecule has 0 radical (unpaired) electrons. The van der Waals surface area contributed by atoms with Crippen molar-refractivity contribution in [1.82, 2.24) is 5.32 Å². The second kappa shape index (κ2) is 18.3. The van der Waals surface area contributed by atoms with Crippen molar-refractivity contribution in [1.29, 1.82) is 0 Å². The number of allylic oxidation sites excluding steroid dienone is 1. The fraction of sp³-hybridized carbons (Fsp3) is 0.536. The van der Waals surface area contributed by atoms with Crippen LogP contribution >= 0.6 is 33.2 Å². The number of aliphatic carboxylic acids is 1. The molecule has 1 aromatic rings. The van der Waals surface area contributed by atoms with Gasteiger partial charge < -0.3 is 30.4 Å². The van der Waals surface area contributed by atoms with Crippen LogP contribution in [0.3, 0.4) is 0 Å². The predicted octanol–water partition coefficient (Wildman–Crippen LogP) is 5.05. The number of hydrogen-bond donors (Lipinski definition) is 3. The number of nitrogens with one attached hydrogen (secondary N) is 1. The van der Waals surface area contributed by atoms with E-state index in [0.29, 0.717) is 47.1 Å². The van der Waals surface area contributed by atoms with Crippen LogP contribution in [0.4, 0.5) is 0 Å². The van der Waals surface area contributed by atoms with Gasteiger partial charge >= 0.3 is 17.9 Å². The smallest absolute Gasteiger partial charge is 0.336 e. The molecule has 12 heteroatoms. The molecule has 1 fully saturated rings. The van der Waals surface area contributed by atoms with Crippen molar-refractivity contribution in [2.45, 2.75) is 57.1 Å². The maximum absolute atomic E-state index is 12.9. The highest BCUT2D eigenvalue weighted by Crippen LogP contribution is 2.42. The van der Waals surface area contributed by atoms with Crippen molar-refractivity contribution in [2.75, 3.05) is 39.2 Å². The quantitative estimate of drug-likeness (QED) is 0.156. The molecule has 2 aliphatic heterocycles. The minimum absolute atomic E-state index is 0.109. The summed E-state index contributed by atoms with van der Waals surface area (Å²) in [6.07, 6.45) is 4.76. The Bertz CT molecular complexity index is 1070. The van der Waals surface area contributed by atoms with E-state index >= 15 is 0 Å². The summed E-state index contributed by atoms with van der Waals surface area (Å²) in [5.41, 5.74) is 7.70. The highest BCUT2D eigenvalue weighted by Gasteiger charge is 2.39. The van der Waals surface area contributed by atoms with E-state index in [-0.39, 0.29) is 18.8 Å². The second-order valence-electron chi connectivity index (χ2n) is 9.03. The number of carboxylic acids is 1. The van der Waals surface area contributed by atoms with Crippen LogP contribution in [0.15, 0.2) is 46.8 Å². The van der Waals surface area contributed by atoms with Crippen LogP contribution in [0.2, 0.25) is 5.02 Å². The van der Waals surface area contributed by atoms with Crippen LogP contribution < -0.4 is 11.1 Å². The average Bonchev–Trinajstić information content (AvgIpc) is 3.45. The van der Waals surface area contributed by atoms with Crippen LogP contribution in [0.5, 0.6) is 0 Å². The van der Waals surface area contributed by atoms with Gasteiger partial charge in [0.15, 0.2) is 0 Å². The standard InChI is InChI=1S/C20H25ClN2O5.C8H14O2S2/c1-4-28-20(25)18-15(11-27-10-9-22)23-12(2)16(19(24)26-3)17(18)13-7-5-6-8-14(13)21;9-8(10)4-2-1-3-7-5-6-11-12-7/h5-8,17,23H,4,9-11,22H2,1-3H3;7H,1-6H2,(H,9,10)/t;7-/m.1/s1. The van der Waals surface area contributed by atoms with Gasteiger partial charge in [-0.2, -0.15) is 0 Å². The maximum atomic E-state index is 12.9. The molecule has 222 valence electrons. The molecule has 2 aliphatic rings. The minimum atomic E-state index is -0.752. The highest BCUT2D eigenvalue weighted by atomic mass is 35.5. The summed E-state index contributed by atoms with van der Waals surface area (Å²) in [5.74, 6) is -1.26. The molecule has 3 rings (SSSR count). The number of hydrogen-bond acceptors (Lipinski definition) is 10. The third-order valence-electron chi connectivity index (χ3n) is 6.16. The molecule has 1 saturated heterocycles. The van der Waals surface area contributed by atoms with Gasteiger partial charge in [-0.25, -0.2) is 9.59 Å². The first-order chi connectivity index (χ1) is 19.2. The molecule has 4 N–H and O–H groups in total. The zero-order valence-electron chi connectivity index (χ0n) is 23.2. The number of dihydropyridines is 1. The molecular weight excluding hydrogens is 576 g/mol. The van der Waals surface area contributed by atoms with E-state index < -0.39 is 23.8 Å². The molecule has 0 amide bonds. The number of nitrogens with two attached hydrogens (primary N) is 1. The molecule has 1 unspecified atom stereocenters. The van der Waals surface area contributed by atoms with Gasteiger partial charge in [-0.3, -0.25) is 4.79 Å². The molecule has 9 nitrogen and oxygen atoms in total. The van der Waals surface area contributed by atoms with E-state index in [9.17, 15) is 14.4 Å². The Morgan fingerprint density at radius 2 is 1.93 bits per heavy atom. The third-order valence-corrected chi connectivity index (χ3v) is 9.52. The largest absolute Gasteiger partial charge is 0.481 e. The molecule has 0 aromatic heterocycles. The Balaban J connectivity index is 0.000000389. The Morgan fingerprint density at radius 3 is 2.52 bits per heavy atom. The molecule has 0 bridgehead atoms. The fourth-order valence-electron chi connectivity index (χ4n) is 4.33. The van der Waals surface area contributed by atoms with Gasteiger partial charge in [-0.1, -0.05) is 57.8 Å².